The molecule has 2 aliphatic rings. The lowest BCUT2D eigenvalue weighted by Gasteiger charge is -2.15. The SMILES string of the molecule is O=C(NCc1cccc(OC2CC2)c1F)Nc1ccc(C(=O)N2CCCC2)cc1. The maximum Gasteiger partial charge on any atom is 0.319 e. The summed E-state index contributed by atoms with van der Waals surface area (Å²) in [7, 11) is 0. The van der Waals surface area contributed by atoms with Crippen molar-refractivity contribution < 1.29 is 18.7 Å². The first-order chi connectivity index (χ1) is 14.1. The third-order valence-corrected chi connectivity index (χ3v) is 5.08. The molecule has 1 heterocycles. The molecule has 1 aliphatic heterocycles. The molecule has 3 amide bonds. The van der Waals surface area contributed by atoms with Crippen LogP contribution >= 0.6 is 0 Å². The van der Waals surface area contributed by atoms with Crippen LogP contribution in [0.25, 0.3) is 0 Å². The zero-order chi connectivity index (χ0) is 20.2. The van der Waals surface area contributed by atoms with Crippen molar-refractivity contribution in [2.75, 3.05) is 18.4 Å². The minimum absolute atomic E-state index is 0.0160. The van der Waals surface area contributed by atoms with Gasteiger partial charge >= 0.3 is 6.03 Å². The van der Waals surface area contributed by atoms with Crippen molar-refractivity contribution >= 4 is 17.6 Å². The predicted octanol–water partition coefficient (Wildman–Crippen LogP) is 3.92. The van der Waals surface area contributed by atoms with Gasteiger partial charge in [0.25, 0.3) is 5.91 Å². The molecule has 1 saturated carbocycles. The van der Waals surface area contributed by atoms with Crippen LogP contribution in [-0.4, -0.2) is 36.0 Å². The van der Waals surface area contributed by atoms with Gasteiger partial charge in [-0.1, -0.05) is 12.1 Å². The number of nitrogens with zero attached hydrogens (tertiary/aromatic N) is 1. The van der Waals surface area contributed by atoms with E-state index in [1.165, 1.54) is 0 Å². The van der Waals surface area contributed by atoms with Crippen molar-refractivity contribution in [2.24, 2.45) is 0 Å². The summed E-state index contributed by atoms with van der Waals surface area (Å²) in [4.78, 5) is 26.3. The Labute approximate surface area is 169 Å². The minimum atomic E-state index is -0.448. The summed E-state index contributed by atoms with van der Waals surface area (Å²) in [6, 6.07) is 11.3. The van der Waals surface area contributed by atoms with Crippen molar-refractivity contribution in [1.29, 1.82) is 0 Å². The number of benzene rings is 2. The molecule has 0 unspecified atom stereocenters. The molecule has 152 valence electrons. The zero-order valence-electron chi connectivity index (χ0n) is 16.1. The molecule has 0 spiro atoms. The lowest BCUT2D eigenvalue weighted by atomic mass is 10.2. The molecule has 0 aromatic heterocycles. The van der Waals surface area contributed by atoms with Gasteiger partial charge in [-0.25, -0.2) is 9.18 Å². The van der Waals surface area contributed by atoms with Crippen LogP contribution in [0, 0.1) is 5.82 Å². The van der Waals surface area contributed by atoms with Gasteiger partial charge < -0.3 is 20.3 Å². The molecule has 6 nitrogen and oxygen atoms in total. The third kappa shape index (κ3) is 4.85. The highest BCUT2D eigenvalue weighted by Crippen LogP contribution is 2.29. The fourth-order valence-electron chi connectivity index (χ4n) is 3.30. The molecule has 1 aliphatic carbocycles. The number of hydrogen-bond acceptors (Lipinski definition) is 3. The first-order valence-electron chi connectivity index (χ1n) is 9.98. The number of carbonyl (C=O) groups excluding carboxylic acids is 2. The Hall–Kier alpha value is -3.09. The van der Waals surface area contributed by atoms with Gasteiger partial charge in [0.1, 0.15) is 0 Å². The highest BCUT2D eigenvalue weighted by Gasteiger charge is 2.25. The van der Waals surface area contributed by atoms with Crippen molar-refractivity contribution in [1.82, 2.24) is 10.2 Å². The van der Waals surface area contributed by atoms with Crippen LogP contribution < -0.4 is 15.4 Å². The van der Waals surface area contributed by atoms with Gasteiger partial charge in [0.15, 0.2) is 11.6 Å². The molecule has 29 heavy (non-hydrogen) atoms. The molecule has 1 saturated heterocycles. The highest BCUT2D eigenvalue weighted by molar-refractivity contribution is 5.95. The molecular weight excluding hydrogens is 373 g/mol. The largest absolute Gasteiger partial charge is 0.487 e. The monoisotopic (exact) mass is 397 g/mol. The molecule has 7 heteroatoms. The van der Waals surface area contributed by atoms with Crippen LogP contribution in [0.4, 0.5) is 14.9 Å². The van der Waals surface area contributed by atoms with E-state index < -0.39 is 11.8 Å². The second kappa shape index (κ2) is 8.51. The Balaban J connectivity index is 1.30. The van der Waals surface area contributed by atoms with E-state index in [1.807, 2.05) is 4.90 Å². The van der Waals surface area contributed by atoms with Crippen LogP contribution in [0.1, 0.15) is 41.6 Å². The van der Waals surface area contributed by atoms with E-state index >= 15 is 0 Å². The quantitative estimate of drug-likeness (QED) is 0.776. The van der Waals surface area contributed by atoms with Crippen LogP contribution in [0.3, 0.4) is 0 Å². The molecule has 4 rings (SSSR count). The van der Waals surface area contributed by atoms with Crippen molar-refractivity contribution in [3.8, 4) is 5.75 Å². The van der Waals surface area contributed by atoms with Gasteiger partial charge in [0, 0.05) is 36.4 Å². The number of anilines is 1. The van der Waals surface area contributed by atoms with Crippen molar-refractivity contribution in [3.05, 3.63) is 59.4 Å². The Morgan fingerprint density at radius 2 is 1.79 bits per heavy atom. The van der Waals surface area contributed by atoms with Gasteiger partial charge in [0.2, 0.25) is 0 Å². The van der Waals surface area contributed by atoms with Gasteiger partial charge in [-0.05, 0) is 56.0 Å². The highest BCUT2D eigenvalue weighted by atomic mass is 19.1. The molecule has 0 bridgehead atoms. The first kappa shape index (κ1) is 19.2. The average molecular weight is 397 g/mol. The summed E-state index contributed by atoms with van der Waals surface area (Å²) in [5.41, 5.74) is 1.53. The van der Waals surface area contributed by atoms with Gasteiger partial charge in [0.05, 0.1) is 6.10 Å². The van der Waals surface area contributed by atoms with Gasteiger partial charge in [-0.2, -0.15) is 0 Å². The maximum absolute atomic E-state index is 14.5. The molecule has 0 radical (unpaired) electrons. The molecule has 2 N–H and O–H groups in total. The van der Waals surface area contributed by atoms with Crippen LogP contribution in [0.5, 0.6) is 5.75 Å². The van der Waals surface area contributed by atoms with Crippen LogP contribution in [0.2, 0.25) is 0 Å². The second-order valence-electron chi connectivity index (χ2n) is 7.43. The Morgan fingerprint density at radius 3 is 2.48 bits per heavy atom. The van der Waals surface area contributed by atoms with E-state index in [-0.39, 0.29) is 24.3 Å². The van der Waals surface area contributed by atoms with Crippen molar-refractivity contribution in [2.45, 2.75) is 38.3 Å². The molecule has 2 aromatic rings. The fraction of sp³-hybridized carbons (Fsp3) is 0.364. The van der Waals surface area contributed by atoms with E-state index in [4.69, 9.17) is 4.74 Å². The number of hydrogen-bond donors (Lipinski definition) is 2. The number of rotatable bonds is 6. The third-order valence-electron chi connectivity index (χ3n) is 5.08. The van der Waals surface area contributed by atoms with Gasteiger partial charge in [-0.15, -0.1) is 0 Å². The lowest BCUT2D eigenvalue weighted by molar-refractivity contribution is 0.0793. The zero-order valence-corrected chi connectivity index (χ0v) is 16.1. The molecule has 2 fully saturated rings. The Morgan fingerprint density at radius 1 is 1.07 bits per heavy atom. The number of urea groups is 1. The summed E-state index contributed by atoms with van der Waals surface area (Å²) in [6.45, 7) is 1.64. The predicted molar refractivity (Wildman–Crippen MR) is 107 cm³/mol. The van der Waals surface area contributed by atoms with Crippen molar-refractivity contribution in [3.63, 3.8) is 0 Å². The smallest absolute Gasteiger partial charge is 0.319 e. The summed E-state index contributed by atoms with van der Waals surface area (Å²) in [5.74, 6) is -0.197. The van der Waals surface area contributed by atoms with E-state index in [2.05, 4.69) is 10.6 Å². The molecule has 0 atom stereocenters. The van der Waals surface area contributed by atoms with E-state index in [1.54, 1.807) is 42.5 Å². The number of halogens is 1. The van der Waals surface area contributed by atoms with Crippen LogP contribution in [0.15, 0.2) is 42.5 Å². The Bertz CT molecular complexity index is 891. The van der Waals surface area contributed by atoms with E-state index in [0.29, 0.717) is 16.8 Å². The normalized spacial score (nSPS) is 15.8. The molecular formula is C22H24FN3O3. The first-order valence-corrected chi connectivity index (χ1v) is 9.98. The number of nitrogens with one attached hydrogen (secondary N) is 2. The summed E-state index contributed by atoms with van der Waals surface area (Å²) < 4.78 is 20.0. The summed E-state index contributed by atoms with van der Waals surface area (Å²) in [6.07, 6.45) is 4.10. The summed E-state index contributed by atoms with van der Waals surface area (Å²) in [5, 5.41) is 5.34. The average Bonchev–Trinajstić information content (AvgIpc) is 3.37. The lowest BCUT2D eigenvalue weighted by Crippen LogP contribution is -2.29. The van der Waals surface area contributed by atoms with E-state index in [0.717, 1.165) is 38.8 Å². The number of amides is 3. The van der Waals surface area contributed by atoms with E-state index in [9.17, 15) is 14.0 Å². The van der Waals surface area contributed by atoms with Gasteiger partial charge in [-0.3, -0.25) is 4.79 Å². The standard InChI is InChI=1S/C22H24FN3O3/c23-20-16(4-3-5-19(20)29-18-10-11-18)14-24-22(28)25-17-8-6-15(7-9-17)21(27)26-12-1-2-13-26/h3-9,18H,1-2,10-14H2,(H2,24,25,28). The minimum Gasteiger partial charge on any atom is -0.487 e. The maximum atomic E-state index is 14.5. The second-order valence-corrected chi connectivity index (χ2v) is 7.43. The number of carbonyl (C=O) groups is 2. The molecule has 2 aromatic carbocycles. The Kier molecular flexibility index (Phi) is 5.64. The number of likely N-dealkylation sites (tertiary alicyclic amines) is 1. The topological polar surface area (TPSA) is 70.7 Å². The van der Waals surface area contributed by atoms with Crippen LogP contribution in [-0.2, 0) is 6.54 Å². The summed E-state index contributed by atoms with van der Waals surface area (Å²) >= 11 is 0. The fourth-order valence-corrected chi connectivity index (χ4v) is 3.30. The number of ether oxygens (including phenoxy) is 1.